The van der Waals surface area contributed by atoms with Gasteiger partial charge < -0.3 is 14.6 Å². The molecule has 0 unspecified atom stereocenters. The number of amides is 1. The Morgan fingerprint density at radius 2 is 1.72 bits per heavy atom. The molecule has 0 aliphatic heterocycles. The number of sulfonamides is 1. The first-order chi connectivity index (χ1) is 14.9. The predicted molar refractivity (Wildman–Crippen MR) is 128 cm³/mol. The molecule has 0 atom stereocenters. The minimum atomic E-state index is -3.77. The number of hydrogen-bond donors (Lipinski definition) is 1. The lowest BCUT2D eigenvalue weighted by Gasteiger charge is -2.23. The highest BCUT2D eigenvalue weighted by Gasteiger charge is 2.27. The molecule has 0 saturated carbocycles. The number of para-hydroxylation sites is 1. The van der Waals surface area contributed by atoms with Gasteiger partial charge in [0.1, 0.15) is 11.4 Å². The van der Waals surface area contributed by atoms with Crippen molar-refractivity contribution in [1.29, 1.82) is 0 Å². The molecule has 1 amide bonds. The third-order valence-electron chi connectivity index (χ3n) is 5.20. The number of benzene rings is 2. The first-order valence-electron chi connectivity index (χ1n) is 10.5. The van der Waals surface area contributed by atoms with Gasteiger partial charge in [-0.15, -0.1) is 0 Å². The highest BCUT2D eigenvalue weighted by molar-refractivity contribution is 7.92. The summed E-state index contributed by atoms with van der Waals surface area (Å²) in [5.41, 5.74) is 2.17. The van der Waals surface area contributed by atoms with Crippen LogP contribution in [-0.2, 0) is 28.2 Å². The van der Waals surface area contributed by atoms with E-state index in [9.17, 15) is 13.2 Å². The lowest BCUT2D eigenvalue weighted by Crippen LogP contribution is -2.34. The Labute approximate surface area is 190 Å². The van der Waals surface area contributed by atoms with E-state index in [0.29, 0.717) is 18.8 Å². The molecule has 0 spiro atoms. The maximum absolute atomic E-state index is 13.4. The minimum absolute atomic E-state index is 0.230. The second-order valence-corrected chi connectivity index (χ2v) is 10.8. The normalized spacial score (nSPS) is 12.1. The number of carbonyl (C=O) groups is 1. The van der Waals surface area contributed by atoms with Crippen LogP contribution in [0.1, 0.15) is 31.9 Å². The number of anilines is 1. The summed E-state index contributed by atoms with van der Waals surface area (Å²) in [5.74, 6) is 0.567. The van der Waals surface area contributed by atoms with Gasteiger partial charge in [0.2, 0.25) is 0 Å². The van der Waals surface area contributed by atoms with Crippen LogP contribution >= 0.6 is 0 Å². The summed E-state index contributed by atoms with van der Waals surface area (Å²) in [7, 11) is -0.352. The van der Waals surface area contributed by atoms with Gasteiger partial charge in [-0.2, -0.15) is 0 Å². The maximum Gasteiger partial charge on any atom is 0.407 e. The van der Waals surface area contributed by atoms with Gasteiger partial charge in [0.15, 0.2) is 0 Å². The molecule has 0 aliphatic carbocycles. The zero-order chi connectivity index (χ0) is 23.7. The Bertz CT molecular complexity index is 1220. The fourth-order valence-electron chi connectivity index (χ4n) is 3.69. The van der Waals surface area contributed by atoms with E-state index in [0.717, 1.165) is 22.0 Å². The van der Waals surface area contributed by atoms with E-state index in [1.807, 2.05) is 42.8 Å². The summed E-state index contributed by atoms with van der Waals surface area (Å²) in [6.45, 7) is 7.65. The molecule has 3 rings (SSSR count). The molecular weight excluding hydrogens is 426 g/mol. The molecule has 0 radical (unpaired) electrons. The van der Waals surface area contributed by atoms with Crippen LogP contribution in [0.25, 0.3) is 10.9 Å². The number of fused-ring (bicyclic) bond motifs is 1. The molecule has 0 aliphatic rings. The van der Waals surface area contributed by atoms with Gasteiger partial charge in [-0.25, -0.2) is 13.2 Å². The lowest BCUT2D eigenvalue weighted by atomic mass is 10.1. The first-order valence-corrected chi connectivity index (χ1v) is 11.9. The molecule has 1 heterocycles. The zero-order valence-electron chi connectivity index (χ0n) is 19.5. The van der Waals surface area contributed by atoms with E-state index in [-0.39, 0.29) is 4.90 Å². The third kappa shape index (κ3) is 4.91. The average molecular weight is 458 g/mol. The second-order valence-electron chi connectivity index (χ2n) is 8.84. The summed E-state index contributed by atoms with van der Waals surface area (Å²) in [6, 6.07) is 14.6. The van der Waals surface area contributed by atoms with Crippen molar-refractivity contribution < 1.29 is 17.9 Å². The van der Waals surface area contributed by atoms with Gasteiger partial charge in [0.05, 0.1) is 4.90 Å². The van der Waals surface area contributed by atoms with Crippen molar-refractivity contribution in [1.82, 2.24) is 9.88 Å². The molecule has 32 heavy (non-hydrogen) atoms. The molecule has 0 bridgehead atoms. The first kappa shape index (κ1) is 23.7. The van der Waals surface area contributed by atoms with Crippen LogP contribution in [-0.4, -0.2) is 38.3 Å². The number of carbonyl (C=O) groups excluding carboxylic acids is 1. The Kier molecular flexibility index (Phi) is 6.55. The van der Waals surface area contributed by atoms with Crippen molar-refractivity contribution in [2.24, 2.45) is 7.05 Å². The van der Waals surface area contributed by atoms with Gasteiger partial charge in [-0.05, 0) is 52.3 Å². The molecule has 3 aromatic rings. The highest BCUT2D eigenvalue weighted by atomic mass is 32.2. The van der Waals surface area contributed by atoms with E-state index in [4.69, 9.17) is 4.74 Å². The van der Waals surface area contributed by atoms with Crippen LogP contribution in [0.3, 0.4) is 0 Å². The number of nitrogens with zero attached hydrogens (tertiary/aromatic N) is 2. The van der Waals surface area contributed by atoms with Crippen molar-refractivity contribution in [2.45, 2.75) is 44.6 Å². The summed E-state index contributed by atoms with van der Waals surface area (Å²) >= 11 is 0. The van der Waals surface area contributed by atoms with Crippen LogP contribution in [0.4, 0.5) is 10.6 Å². The van der Waals surface area contributed by atoms with Crippen LogP contribution in [0.15, 0.2) is 53.4 Å². The van der Waals surface area contributed by atoms with Crippen LogP contribution < -0.4 is 9.62 Å². The van der Waals surface area contributed by atoms with Crippen molar-refractivity contribution in [2.75, 3.05) is 17.9 Å². The molecular formula is C24H31N3O4S. The summed E-state index contributed by atoms with van der Waals surface area (Å²) in [5, 5.41) is 3.71. The number of rotatable bonds is 6. The molecule has 1 aromatic heterocycles. The Hall–Kier alpha value is -3.00. The Morgan fingerprint density at radius 1 is 1.09 bits per heavy atom. The third-order valence-corrected chi connectivity index (χ3v) is 6.96. The standard InChI is InChI=1S/C24H31N3O4S/c1-17-11-13-18(14-12-17)32(29,30)27(6)22-20(15-16-25-23(28)31-24(2,3)4)19-9-7-8-10-21(19)26(22)5/h7-14H,15-16H2,1-6H3,(H,25,28). The smallest absolute Gasteiger partial charge is 0.407 e. The molecule has 0 saturated heterocycles. The molecule has 8 heteroatoms. The minimum Gasteiger partial charge on any atom is -0.444 e. The monoisotopic (exact) mass is 457 g/mol. The number of aromatic nitrogens is 1. The van der Waals surface area contributed by atoms with Gasteiger partial charge in [-0.1, -0.05) is 35.9 Å². The zero-order valence-corrected chi connectivity index (χ0v) is 20.3. The van der Waals surface area contributed by atoms with E-state index in [1.54, 1.807) is 52.1 Å². The summed E-state index contributed by atoms with van der Waals surface area (Å²) in [6.07, 6.45) is -0.0520. The Morgan fingerprint density at radius 3 is 2.34 bits per heavy atom. The van der Waals surface area contributed by atoms with Crippen molar-refractivity contribution in [3.8, 4) is 0 Å². The number of aryl methyl sites for hydroxylation is 2. The Balaban J connectivity index is 1.97. The van der Waals surface area contributed by atoms with Crippen LogP contribution in [0, 0.1) is 6.92 Å². The number of hydrogen-bond acceptors (Lipinski definition) is 4. The van der Waals surface area contributed by atoms with Gasteiger partial charge >= 0.3 is 6.09 Å². The number of nitrogens with one attached hydrogen (secondary N) is 1. The topological polar surface area (TPSA) is 80.6 Å². The van der Waals surface area contributed by atoms with E-state index < -0.39 is 21.7 Å². The highest BCUT2D eigenvalue weighted by Crippen LogP contribution is 2.34. The van der Waals surface area contributed by atoms with E-state index >= 15 is 0 Å². The molecule has 172 valence electrons. The van der Waals surface area contributed by atoms with E-state index in [2.05, 4.69) is 5.32 Å². The van der Waals surface area contributed by atoms with Crippen molar-refractivity contribution in [3.05, 3.63) is 59.7 Å². The van der Waals surface area contributed by atoms with E-state index in [1.165, 1.54) is 4.31 Å². The largest absolute Gasteiger partial charge is 0.444 e. The quantitative estimate of drug-likeness (QED) is 0.596. The van der Waals surface area contributed by atoms with Crippen LogP contribution in [0.2, 0.25) is 0 Å². The lowest BCUT2D eigenvalue weighted by molar-refractivity contribution is 0.0528. The van der Waals surface area contributed by atoms with Crippen molar-refractivity contribution >= 4 is 32.8 Å². The van der Waals surface area contributed by atoms with Crippen LogP contribution in [0.5, 0.6) is 0 Å². The fraction of sp³-hybridized carbons (Fsp3) is 0.375. The fourth-order valence-corrected chi connectivity index (χ4v) is 4.95. The molecule has 1 N–H and O–H groups in total. The molecule has 0 fully saturated rings. The van der Waals surface area contributed by atoms with Gasteiger partial charge in [0, 0.05) is 37.1 Å². The van der Waals surface area contributed by atoms with Gasteiger partial charge in [0.25, 0.3) is 10.0 Å². The molecule has 2 aromatic carbocycles. The summed E-state index contributed by atoms with van der Waals surface area (Å²) in [4.78, 5) is 12.3. The maximum atomic E-state index is 13.4. The second kappa shape index (κ2) is 8.86. The van der Waals surface area contributed by atoms with Gasteiger partial charge in [-0.3, -0.25) is 4.31 Å². The van der Waals surface area contributed by atoms with Crippen molar-refractivity contribution in [3.63, 3.8) is 0 Å². The molecule has 7 nitrogen and oxygen atoms in total. The SMILES string of the molecule is Cc1ccc(S(=O)(=O)N(C)c2c(CCNC(=O)OC(C)(C)C)c3ccccc3n2C)cc1. The number of ether oxygens (including phenoxy) is 1. The average Bonchev–Trinajstić information content (AvgIpc) is 2.98. The summed E-state index contributed by atoms with van der Waals surface area (Å²) < 4.78 is 35.3. The number of alkyl carbamates (subject to hydrolysis) is 1. The predicted octanol–water partition coefficient (Wildman–Crippen LogP) is 4.38.